The van der Waals surface area contributed by atoms with Crippen LogP contribution in [0.5, 0.6) is 0 Å². The molecular weight excluding hydrogens is 274 g/mol. The van der Waals surface area contributed by atoms with Gasteiger partial charge in [0.1, 0.15) is 5.15 Å². The normalized spacial score (nSPS) is 14.4. The van der Waals surface area contributed by atoms with E-state index in [1.807, 2.05) is 6.92 Å². The molecule has 0 saturated heterocycles. The maximum atomic E-state index is 12.4. The Kier molecular flexibility index (Phi) is 4.80. The molecule has 1 unspecified atom stereocenters. The number of aromatic nitrogens is 2. The predicted octanol–water partition coefficient (Wildman–Crippen LogP) is 2.13. The smallest absolute Gasteiger partial charge is 0.263 e. The Bertz CT molecular complexity index is 510. The summed E-state index contributed by atoms with van der Waals surface area (Å²) in [5, 5.41) is 0.0587. The number of hydrogen-bond acceptors (Lipinski definition) is 3. The van der Waals surface area contributed by atoms with Gasteiger partial charge >= 0.3 is 0 Å². The van der Waals surface area contributed by atoms with Gasteiger partial charge in [0.2, 0.25) is 5.03 Å². The Morgan fingerprint density at radius 3 is 2.39 bits per heavy atom. The molecule has 5 nitrogen and oxygen atoms in total. The highest BCUT2D eigenvalue weighted by Crippen LogP contribution is 2.24. The molecule has 0 aliphatic carbocycles. The molecule has 1 atom stereocenters. The fourth-order valence-electron chi connectivity index (χ4n) is 1.77. The molecule has 7 heteroatoms. The third kappa shape index (κ3) is 3.05. The highest BCUT2D eigenvalue weighted by Gasteiger charge is 2.30. The Labute approximate surface area is 114 Å². The number of rotatable bonds is 5. The quantitative estimate of drug-likeness (QED) is 0.836. The van der Waals surface area contributed by atoms with E-state index in [1.54, 1.807) is 14.1 Å². The van der Waals surface area contributed by atoms with E-state index in [4.69, 9.17) is 11.6 Å². The standard InChI is InChI=1S/C11H20ClN3O2S/c1-8(2)6-9(3)15(5)18(16,17)11-10(12)14(4)7-13-11/h7-9H,6H2,1-5H3. The lowest BCUT2D eigenvalue weighted by Crippen LogP contribution is -2.36. The van der Waals surface area contributed by atoms with Gasteiger partial charge in [0.25, 0.3) is 10.0 Å². The number of aryl methyl sites for hydroxylation is 1. The summed E-state index contributed by atoms with van der Waals surface area (Å²) < 4.78 is 27.5. The van der Waals surface area contributed by atoms with Crippen molar-refractivity contribution in [1.82, 2.24) is 13.9 Å². The van der Waals surface area contributed by atoms with Crippen molar-refractivity contribution in [2.75, 3.05) is 7.05 Å². The maximum absolute atomic E-state index is 12.4. The second-order valence-electron chi connectivity index (χ2n) is 4.95. The number of halogens is 1. The van der Waals surface area contributed by atoms with Gasteiger partial charge in [-0.2, -0.15) is 4.31 Å². The van der Waals surface area contributed by atoms with Crippen molar-refractivity contribution in [2.24, 2.45) is 13.0 Å². The van der Waals surface area contributed by atoms with Gasteiger partial charge in [-0.25, -0.2) is 13.4 Å². The molecule has 0 saturated carbocycles. The predicted molar refractivity (Wildman–Crippen MR) is 72.1 cm³/mol. The molecule has 1 aromatic rings. The van der Waals surface area contributed by atoms with E-state index in [-0.39, 0.29) is 16.2 Å². The summed E-state index contributed by atoms with van der Waals surface area (Å²) in [4.78, 5) is 3.87. The largest absolute Gasteiger partial charge is 0.324 e. The number of sulfonamides is 1. The highest BCUT2D eigenvalue weighted by atomic mass is 35.5. The lowest BCUT2D eigenvalue weighted by Gasteiger charge is -2.24. The molecular formula is C11H20ClN3O2S. The van der Waals surface area contributed by atoms with Gasteiger partial charge in [-0.15, -0.1) is 0 Å². The Morgan fingerprint density at radius 1 is 1.44 bits per heavy atom. The van der Waals surface area contributed by atoms with Crippen LogP contribution in [0.1, 0.15) is 27.2 Å². The van der Waals surface area contributed by atoms with Gasteiger partial charge in [-0.1, -0.05) is 25.4 Å². The Hall–Kier alpha value is -0.590. The second-order valence-corrected chi connectivity index (χ2v) is 7.22. The van der Waals surface area contributed by atoms with E-state index >= 15 is 0 Å². The van der Waals surface area contributed by atoms with E-state index < -0.39 is 10.0 Å². The molecule has 0 N–H and O–H groups in total. The van der Waals surface area contributed by atoms with Crippen LogP contribution < -0.4 is 0 Å². The Morgan fingerprint density at radius 2 is 2.00 bits per heavy atom. The molecule has 0 spiro atoms. The van der Waals surface area contributed by atoms with Crippen molar-refractivity contribution in [1.29, 1.82) is 0 Å². The summed E-state index contributed by atoms with van der Waals surface area (Å²) >= 11 is 5.94. The van der Waals surface area contributed by atoms with Crippen LogP contribution in [-0.2, 0) is 17.1 Å². The van der Waals surface area contributed by atoms with E-state index in [0.29, 0.717) is 5.92 Å². The molecule has 0 amide bonds. The lowest BCUT2D eigenvalue weighted by molar-refractivity contribution is 0.337. The van der Waals surface area contributed by atoms with Crippen molar-refractivity contribution < 1.29 is 8.42 Å². The monoisotopic (exact) mass is 293 g/mol. The molecule has 104 valence electrons. The zero-order valence-corrected chi connectivity index (χ0v) is 13.0. The first kappa shape index (κ1) is 15.5. The summed E-state index contributed by atoms with van der Waals surface area (Å²) in [6.07, 6.45) is 2.19. The van der Waals surface area contributed by atoms with Crippen molar-refractivity contribution >= 4 is 21.6 Å². The van der Waals surface area contributed by atoms with Crippen molar-refractivity contribution in [3.63, 3.8) is 0 Å². The molecule has 1 aromatic heterocycles. The van der Waals surface area contributed by atoms with Gasteiger partial charge in [-0.05, 0) is 19.3 Å². The zero-order chi connectivity index (χ0) is 14.1. The van der Waals surface area contributed by atoms with Crippen LogP contribution in [0.3, 0.4) is 0 Å². The first-order valence-electron chi connectivity index (χ1n) is 5.82. The summed E-state index contributed by atoms with van der Waals surface area (Å²) in [6.45, 7) is 6.00. The summed E-state index contributed by atoms with van der Waals surface area (Å²) in [6, 6.07) is -0.0897. The highest BCUT2D eigenvalue weighted by molar-refractivity contribution is 7.89. The fourth-order valence-corrected chi connectivity index (χ4v) is 3.53. The summed E-state index contributed by atoms with van der Waals surface area (Å²) in [7, 11) is -0.403. The third-order valence-electron chi connectivity index (χ3n) is 2.89. The molecule has 0 aliphatic heterocycles. The van der Waals surface area contributed by atoms with Crippen LogP contribution >= 0.6 is 11.6 Å². The van der Waals surface area contributed by atoms with Crippen LogP contribution in [0, 0.1) is 5.92 Å². The molecule has 0 aromatic carbocycles. The van der Waals surface area contributed by atoms with Gasteiger partial charge in [0.15, 0.2) is 0 Å². The molecule has 0 radical (unpaired) electrons. The van der Waals surface area contributed by atoms with Crippen LogP contribution in [0.15, 0.2) is 11.4 Å². The maximum Gasteiger partial charge on any atom is 0.263 e. The number of nitrogens with zero attached hydrogens (tertiary/aromatic N) is 3. The zero-order valence-electron chi connectivity index (χ0n) is 11.4. The van der Waals surface area contributed by atoms with E-state index in [2.05, 4.69) is 18.8 Å². The average molecular weight is 294 g/mol. The Balaban J connectivity index is 3.04. The third-order valence-corrected chi connectivity index (χ3v) is 5.35. The average Bonchev–Trinajstić information content (AvgIpc) is 2.58. The van der Waals surface area contributed by atoms with Crippen molar-refractivity contribution in [3.8, 4) is 0 Å². The topological polar surface area (TPSA) is 55.2 Å². The molecule has 0 bridgehead atoms. The minimum Gasteiger partial charge on any atom is -0.324 e. The summed E-state index contributed by atoms with van der Waals surface area (Å²) in [5.74, 6) is 0.428. The van der Waals surface area contributed by atoms with E-state index in [1.165, 1.54) is 15.2 Å². The number of imidazole rings is 1. The van der Waals surface area contributed by atoms with Crippen LogP contribution in [-0.4, -0.2) is 35.4 Å². The molecule has 1 heterocycles. The second kappa shape index (κ2) is 5.59. The van der Waals surface area contributed by atoms with E-state index in [0.717, 1.165) is 6.42 Å². The molecule has 18 heavy (non-hydrogen) atoms. The molecule has 0 aliphatic rings. The van der Waals surface area contributed by atoms with E-state index in [9.17, 15) is 8.42 Å². The van der Waals surface area contributed by atoms with Crippen LogP contribution in [0.4, 0.5) is 0 Å². The first-order valence-corrected chi connectivity index (χ1v) is 7.64. The SMILES string of the molecule is CC(C)CC(C)N(C)S(=O)(=O)c1ncn(C)c1Cl. The fraction of sp³-hybridized carbons (Fsp3) is 0.727. The van der Waals surface area contributed by atoms with Gasteiger partial charge in [0.05, 0.1) is 6.33 Å². The first-order chi connectivity index (χ1) is 8.17. The van der Waals surface area contributed by atoms with Gasteiger partial charge < -0.3 is 4.57 Å². The minimum absolute atomic E-state index is 0.0789. The molecule has 1 rings (SSSR count). The van der Waals surface area contributed by atoms with Crippen molar-refractivity contribution in [3.05, 3.63) is 11.5 Å². The van der Waals surface area contributed by atoms with Gasteiger partial charge in [-0.3, -0.25) is 0 Å². The molecule has 0 fully saturated rings. The van der Waals surface area contributed by atoms with Crippen molar-refractivity contribution in [2.45, 2.75) is 38.3 Å². The lowest BCUT2D eigenvalue weighted by atomic mass is 10.1. The van der Waals surface area contributed by atoms with Gasteiger partial charge in [0, 0.05) is 20.1 Å². The number of hydrogen-bond donors (Lipinski definition) is 0. The minimum atomic E-state index is -3.62. The van der Waals surface area contributed by atoms with Crippen LogP contribution in [0.2, 0.25) is 5.15 Å². The van der Waals surface area contributed by atoms with Crippen LogP contribution in [0.25, 0.3) is 0 Å². The summed E-state index contributed by atoms with van der Waals surface area (Å²) in [5.41, 5.74) is 0.